The Labute approximate surface area is 111 Å². The SMILES string of the molecule is COc1cc2c(CCN3CCCC3)[nH]nc2cc1F. The third kappa shape index (κ3) is 2.42. The largest absolute Gasteiger partial charge is 0.494 e. The van der Waals surface area contributed by atoms with Crippen LogP contribution in [0.1, 0.15) is 18.5 Å². The van der Waals surface area contributed by atoms with Crippen LogP contribution in [0.25, 0.3) is 10.9 Å². The van der Waals surface area contributed by atoms with Crippen molar-refractivity contribution in [3.8, 4) is 5.75 Å². The van der Waals surface area contributed by atoms with Crippen molar-refractivity contribution in [2.24, 2.45) is 0 Å². The average Bonchev–Trinajstić information content (AvgIpc) is 3.04. The number of fused-ring (bicyclic) bond motifs is 1. The summed E-state index contributed by atoms with van der Waals surface area (Å²) in [5, 5.41) is 8.13. The van der Waals surface area contributed by atoms with Crippen molar-refractivity contribution in [3.63, 3.8) is 0 Å². The Morgan fingerprint density at radius 3 is 2.89 bits per heavy atom. The van der Waals surface area contributed by atoms with Gasteiger partial charge in [-0.2, -0.15) is 5.10 Å². The highest BCUT2D eigenvalue weighted by Gasteiger charge is 2.14. The van der Waals surface area contributed by atoms with E-state index in [-0.39, 0.29) is 11.6 Å². The van der Waals surface area contributed by atoms with Gasteiger partial charge in [-0.3, -0.25) is 5.10 Å². The first kappa shape index (κ1) is 12.4. The van der Waals surface area contributed by atoms with Crippen LogP contribution < -0.4 is 4.74 Å². The van der Waals surface area contributed by atoms with E-state index in [1.165, 1.54) is 39.1 Å². The molecular formula is C14H18FN3O. The Morgan fingerprint density at radius 2 is 2.16 bits per heavy atom. The van der Waals surface area contributed by atoms with Crippen molar-refractivity contribution in [3.05, 3.63) is 23.6 Å². The minimum absolute atomic E-state index is 0.274. The van der Waals surface area contributed by atoms with Crippen molar-refractivity contribution in [1.29, 1.82) is 0 Å². The van der Waals surface area contributed by atoms with Crippen LogP contribution in [0.3, 0.4) is 0 Å². The van der Waals surface area contributed by atoms with Crippen LogP contribution in [0.4, 0.5) is 4.39 Å². The second kappa shape index (κ2) is 5.17. The van der Waals surface area contributed by atoms with E-state index in [0.29, 0.717) is 5.52 Å². The first-order valence-corrected chi connectivity index (χ1v) is 6.71. The lowest BCUT2D eigenvalue weighted by molar-refractivity contribution is 0.342. The lowest BCUT2D eigenvalue weighted by atomic mass is 10.1. The number of halogens is 1. The second-order valence-corrected chi connectivity index (χ2v) is 5.00. The van der Waals surface area contributed by atoms with Crippen LogP contribution in [0.15, 0.2) is 12.1 Å². The van der Waals surface area contributed by atoms with Gasteiger partial charge in [-0.05, 0) is 32.0 Å². The number of H-pyrrole nitrogens is 1. The third-order valence-corrected chi connectivity index (χ3v) is 3.78. The summed E-state index contributed by atoms with van der Waals surface area (Å²) in [5.41, 5.74) is 1.72. The zero-order chi connectivity index (χ0) is 13.2. The van der Waals surface area contributed by atoms with Crippen LogP contribution >= 0.6 is 0 Å². The van der Waals surface area contributed by atoms with E-state index in [1.807, 2.05) is 0 Å². The summed E-state index contributed by atoms with van der Waals surface area (Å²) in [5.74, 6) is -0.0936. The first-order chi connectivity index (χ1) is 9.28. The van der Waals surface area contributed by atoms with E-state index in [4.69, 9.17) is 4.74 Å². The first-order valence-electron chi connectivity index (χ1n) is 6.71. The standard InChI is InChI=1S/C14H18FN3O/c1-19-14-8-10-12(4-7-18-5-2-3-6-18)16-17-13(10)9-11(14)15/h8-9H,2-7H2,1H3,(H,16,17). The van der Waals surface area contributed by atoms with Gasteiger partial charge in [0.05, 0.1) is 12.6 Å². The molecule has 102 valence electrons. The van der Waals surface area contributed by atoms with Gasteiger partial charge in [0.2, 0.25) is 0 Å². The van der Waals surface area contributed by atoms with Crippen molar-refractivity contribution in [2.45, 2.75) is 19.3 Å². The topological polar surface area (TPSA) is 41.1 Å². The fourth-order valence-corrected chi connectivity index (χ4v) is 2.69. The van der Waals surface area contributed by atoms with Crippen molar-refractivity contribution < 1.29 is 9.13 Å². The lowest BCUT2D eigenvalue weighted by Gasteiger charge is -2.13. The Hall–Kier alpha value is -1.62. The monoisotopic (exact) mass is 263 g/mol. The Bertz CT molecular complexity index is 575. The predicted molar refractivity (Wildman–Crippen MR) is 72.0 cm³/mol. The summed E-state index contributed by atoms with van der Waals surface area (Å²) in [6.45, 7) is 3.39. The molecule has 1 aromatic heterocycles. The fraction of sp³-hybridized carbons (Fsp3) is 0.500. The molecule has 1 aliphatic heterocycles. The van der Waals surface area contributed by atoms with Gasteiger partial charge < -0.3 is 9.64 Å². The summed E-state index contributed by atoms with van der Waals surface area (Å²) in [6.07, 6.45) is 3.50. The third-order valence-electron chi connectivity index (χ3n) is 3.78. The van der Waals surface area contributed by atoms with E-state index < -0.39 is 0 Å². The molecule has 1 N–H and O–H groups in total. The maximum absolute atomic E-state index is 13.6. The van der Waals surface area contributed by atoms with Crippen molar-refractivity contribution in [1.82, 2.24) is 15.1 Å². The molecule has 0 aliphatic carbocycles. The number of benzene rings is 1. The van der Waals surface area contributed by atoms with Crippen LogP contribution in [0.5, 0.6) is 5.75 Å². The quantitative estimate of drug-likeness (QED) is 0.920. The number of aromatic nitrogens is 2. The number of ether oxygens (including phenoxy) is 1. The molecule has 5 heteroatoms. The van der Waals surface area contributed by atoms with Gasteiger partial charge in [0, 0.05) is 30.1 Å². The highest BCUT2D eigenvalue weighted by molar-refractivity contribution is 5.83. The number of aromatic amines is 1. The van der Waals surface area contributed by atoms with E-state index in [1.54, 1.807) is 6.07 Å². The summed E-state index contributed by atoms with van der Waals surface area (Å²) in [7, 11) is 1.48. The number of hydrogen-bond acceptors (Lipinski definition) is 3. The molecule has 0 atom stereocenters. The normalized spacial score (nSPS) is 16.3. The lowest BCUT2D eigenvalue weighted by Crippen LogP contribution is -2.22. The molecule has 1 saturated heterocycles. The molecule has 2 aromatic rings. The zero-order valence-corrected chi connectivity index (χ0v) is 11.1. The number of methoxy groups -OCH3 is 1. The van der Waals surface area contributed by atoms with Gasteiger partial charge in [-0.1, -0.05) is 0 Å². The number of nitrogens with one attached hydrogen (secondary N) is 1. The Morgan fingerprint density at radius 1 is 1.37 bits per heavy atom. The van der Waals surface area contributed by atoms with Gasteiger partial charge in [0.1, 0.15) is 0 Å². The molecule has 2 heterocycles. The maximum atomic E-state index is 13.6. The molecule has 1 aliphatic rings. The summed E-state index contributed by atoms with van der Waals surface area (Å²) in [6, 6.07) is 3.15. The van der Waals surface area contributed by atoms with E-state index in [0.717, 1.165) is 24.0 Å². The zero-order valence-electron chi connectivity index (χ0n) is 11.1. The Kier molecular flexibility index (Phi) is 3.38. The van der Waals surface area contributed by atoms with Crippen molar-refractivity contribution in [2.75, 3.05) is 26.7 Å². The minimum atomic E-state index is -0.368. The molecule has 0 unspecified atom stereocenters. The number of nitrogens with zero attached hydrogens (tertiary/aromatic N) is 2. The van der Waals surface area contributed by atoms with E-state index in [2.05, 4.69) is 15.1 Å². The maximum Gasteiger partial charge on any atom is 0.167 e. The van der Waals surface area contributed by atoms with Crippen LogP contribution in [0, 0.1) is 5.82 Å². The fourth-order valence-electron chi connectivity index (χ4n) is 2.69. The molecule has 1 fully saturated rings. The van der Waals surface area contributed by atoms with Gasteiger partial charge in [-0.15, -0.1) is 0 Å². The molecular weight excluding hydrogens is 245 g/mol. The molecule has 19 heavy (non-hydrogen) atoms. The number of hydrogen-bond donors (Lipinski definition) is 1. The molecule has 3 rings (SSSR count). The summed E-state index contributed by atoms with van der Waals surface area (Å²) >= 11 is 0. The highest BCUT2D eigenvalue weighted by Crippen LogP contribution is 2.26. The van der Waals surface area contributed by atoms with Crippen molar-refractivity contribution >= 4 is 10.9 Å². The molecule has 0 bridgehead atoms. The molecule has 4 nitrogen and oxygen atoms in total. The minimum Gasteiger partial charge on any atom is -0.494 e. The smallest absolute Gasteiger partial charge is 0.167 e. The highest BCUT2D eigenvalue weighted by atomic mass is 19.1. The van der Waals surface area contributed by atoms with Crippen LogP contribution in [0.2, 0.25) is 0 Å². The molecule has 1 aromatic carbocycles. The molecule has 0 radical (unpaired) electrons. The Balaban J connectivity index is 1.82. The van der Waals surface area contributed by atoms with Gasteiger partial charge in [0.25, 0.3) is 0 Å². The van der Waals surface area contributed by atoms with Gasteiger partial charge >= 0.3 is 0 Å². The van der Waals surface area contributed by atoms with Crippen LogP contribution in [-0.4, -0.2) is 41.8 Å². The summed E-state index contributed by atoms with van der Waals surface area (Å²) < 4.78 is 18.6. The molecule has 0 saturated carbocycles. The summed E-state index contributed by atoms with van der Waals surface area (Å²) in [4.78, 5) is 2.45. The second-order valence-electron chi connectivity index (χ2n) is 5.00. The van der Waals surface area contributed by atoms with Gasteiger partial charge in [-0.25, -0.2) is 4.39 Å². The van der Waals surface area contributed by atoms with E-state index in [9.17, 15) is 4.39 Å². The average molecular weight is 263 g/mol. The molecule has 0 amide bonds. The number of likely N-dealkylation sites (tertiary alicyclic amines) is 1. The predicted octanol–water partition coefficient (Wildman–Crippen LogP) is 2.35. The molecule has 0 spiro atoms. The number of rotatable bonds is 4. The van der Waals surface area contributed by atoms with E-state index >= 15 is 0 Å². The van der Waals surface area contributed by atoms with Gasteiger partial charge in [0.15, 0.2) is 11.6 Å². The van der Waals surface area contributed by atoms with Crippen LogP contribution in [-0.2, 0) is 6.42 Å².